The highest BCUT2D eigenvalue weighted by Gasteiger charge is 2.29. The number of nitrogens with one attached hydrogen (secondary N) is 2. The molecule has 12 nitrogen and oxygen atoms in total. The number of likely N-dealkylation sites (tertiary alicyclic amines) is 1. The number of nitrogens with zero attached hydrogens (tertiary/aromatic N) is 5. The number of benzene rings is 1. The molecule has 2 aromatic heterocycles. The van der Waals surface area contributed by atoms with Crippen LogP contribution in [0, 0.1) is 0 Å². The molecule has 0 spiro atoms. The monoisotopic (exact) mass is 582 g/mol. The van der Waals surface area contributed by atoms with Crippen molar-refractivity contribution in [3.05, 3.63) is 18.2 Å². The minimum Gasteiger partial charge on any atom is -0.480 e. The van der Waals surface area contributed by atoms with Gasteiger partial charge in [0.15, 0.2) is 0 Å². The van der Waals surface area contributed by atoms with Crippen molar-refractivity contribution < 1.29 is 19.4 Å². The number of aromatic nitrogens is 3. The van der Waals surface area contributed by atoms with Crippen LogP contribution >= 0.6 is 11.3 Å². The normalized spacial score (nSPS) is 23.4. The molecule has 3 aromatic rings. The van der Waals surface area contributed by atoms with E-state index >= 15 is 0 Å². The van der Waals surface area contributed by atoms with Gasteiger partial charge in [0, 0.05) is 44.3 Å². The third-order valence-corrected chi connectivity index (χ3v) is 9.22. The molecule has 2 aliphatic heterocycles. The zero-order valence-electron chi connectivity index (χ0n) is 23.3. The molecule has 3 aliphatic rings. The molecular formula is C28H38N8O4S. The van der Waals surface area contributed by atoms with Gasteiger partial charge in [-0.3, -0.25) is 0 Å². The van der Waals surface area contributed by atoms with Crippen molar-refractivity contribution in [1.82, 2.24) is 19.9 Å². The number of hydrogen-bond donors (Lipinski definition) is 4. The maximum atomic E-state index is 11.7. The van der Waals surface area contributed by atoms with Gasteiger partial charge in [-0.25, -0.2) is 9.78 Å². The van der Waals surface area contributed by atoms with Crippen LogP contribution in [0.2, 0.25) is 0 Å². The van der Waals surface area contributed by atoms with Crippen LogP contribution in [0.4, 0.5) is 22.2 Å². The molecule has 1 saturated carbocycles. The molecule has 13 heteroatoms. The standard InChI is InChI=1S/C28H38N8O4S/c1-39-25-22(26-32-23-20(9-4-10-21(23)41-26)31-19-8-3-2-7-18(19)29)24(30-17-6-5-11-36(16-17)28(37)38)33-27(34-25)35-12-14-40-15-13-35/h4,9-10,17-19,31H,2-3,5-8,11-16,29H2,1H3,(H,37,38)(H,30,33,34)/t17-,18?,19?/m1/s1. The first-order valence-electron chi connectivity index (χ1n) is 14.5. The fraction of sp³-hybridized carbons (Fsp3) is 0.571. The number of anilines is 3. The molecule has 0 bridgehead atoms. The van der Waals surface area contributed by atoms with Gasteiger partial charge in [0.2, 0.25) is 11.8 Å². The topological polar surface area (TPSA) is 151 Å². The summed E-state index contributed by atoms with van der Waals surface area (Å²) in [7, 11) is 1.61. The number of carbonyl (C=O) groups is 1. The Hall–Kier alpha value is -3.42. The summed E-state index contributed by atoms with van der Waals surface area (Å²) in [6.45, 7) is 3.47. The summed E-state index contributed by atoms with van der Waals surface area (Å²) >= 11 is 1.56. The molecule has 220 valence electrons. The summed E-state index contributed by atoms with van der Waals surface area (Å²) in [5.41, 5.74) is 8.97. The number of hydrogen-bond acceptors (Lipinski definition) is 11. The molecule has 3 atom stereocenters. The highest BCUT2D eigenvalue weighted by atomic mass is 32.1. The summed E-state index contributed by atoms with van der Waals surface area (Å²) in [5, 5.41) is 17.6. The van der Waals surface area contributed by atoms with Crippen LogP contribution in [0.5, 0.6) is 5.88 Å². The smallest absolute Gasteiger partial charge is 0.407 e. The zero-order valence-corrected chi connectivity index (χ0v) is 24.2. The Morgan fingerprint density at radius 1 is 1.10 bits per heavy atom. The van der Waals surface area contributed by atoms with Crippen LogP contribution in [-0.4, -0.2) is 95.7 Å². The number of nitrogens with two attached hydrogens (primary N) is 1. The number of thiazole rings is 1. The fourth-order valence-corrected chi connectivity index (χ4v) is 6.98. The SMILES string of the molecule is COc1nc(N2CCOCC2)nc(N[C@@H]2CCCN(C(=O)O)C2)c1-c1nc2c(NC3CCCCC3N)cccc2s1. The van der Waals surface area contributed by atoms with Gasteiger partial charge in [0.05, 0.1) is 30.7 Å². The van der Waals surface area contributed by atoms with E-state index in [0.717, 1.165) is 46.6 Å². The van der Waals surface area contributed by atoms with Gasteiger partial charge in [-0.05, 0) is 37.8 Å². The van der Waals surface area contributed by atoms with E-state index in [1.807, 2.05) is 6.07 Å². The third-order valence-electron chi connectivity index (χ3n) is 8.18. The Morgan fingerprint density at radius 3 is 2.71 bits per heavy atom. The van der Waals surface area contributed by atoms with Gasteiger partial charge in [-0.2, -0.15) is 9.97 Å². The molecule has 4 heterocycles. The van der Waals surface area contributed by atoms with E-state index in [1.165, 1.54) is 17.7 Å². The zero-order chi connectivity index (χ0) is 28.3. The predicted octanol–water partition coefficient (Wildman–Crippen LogP) is 3.83. The van der Waals surface area contributed by atoms with Gasteiger partial charge >= 0.3 is 6.09 Å². The van der Waals surface area contributed by atoms with Gasteiger partial charge < -0.3 is 40.7 Å². The lowest BCUT2D eigenvalue weighted by Gasteiger charge is -2.32. The van der Waals surface area contributed by atoms with Crippen molar-refractivity contribution in [3.8, 4) is 16.5 Å². The van der Waals surface area contributed by atoms with Crippen molar-refractivity contribution in [2.45, 2.75) is 56.7 Å². The number of ether oxygens (including phenoxy) is 2. The molecule has 1 aliphatic carbocycles. The number of para-hydroxylation sites is 1. The Kier molecular flexibility index (Phi) is 8.26. The molecule has 41 heavy (non-hydrogen) atoms. The maximum Gasteiger partial charge on any atom is 0.407 e. The van der Waals surface area contributed by atoms with Crippen molar-refractivity contribution in [1.29, 1.82) is 0 Å². The van der Waals surface area contributed by atoms with E-state index in [4.69, 9.17) is 30.2 Å². The third kappa shape index (κ3) is 5.97. The molecule has 2 unspecified atom stereocenters. The minimum atomic E-state index is -0.908. The number of methoxy groups -OCH3 is 1. The van der Waals surface area contributed by atoms with E-state index in [1.54, 1.807) is 18.4 Å². The number of piperidine rings is 1. The van der Waals surface area contributed by atoms with Crippen LogP contribution < -0.4 is 26.0 Å². The molecule has 1 amide bonds. The molecule has 2 saturated heterocycles. The first-order chi connectivity index (χ1) is 20.0. The lowest BCUT2D eigenvalue weighted by Crippen LogP contribution is -2.44. The van der Waals surface area contributed by atoms with E-state index < -0.39 is 6.09 Å². The molecule has 5 N–H and O–H groups in total. The van der Waals surface area contributed by atoms with Gasteiger partial charge in [0.1, 0.15) is 21.9 Å². The number of morpholine rings is 1. The number of carboxylic acid groups (broad SMARTS) is 1. The van der Waals surface area contributed by atoms with Gasteiger partial charge in [-0.15, -0.1) is 11.3 Å². The number of fused-ring (bicyclic) bond motifs is 1. The van der Waals surface area contributed by atoms with E-state index in [2.05, 4.69) is 27.7 Å². The summed E-state index contributed by atoms with van der Waals surface area (Å²) in [6, 6.07) is 6.40. The van der Waals surface area contributed by atoms with Crippen LogP contribution in [0.3, 0.4) is 0 Å². The Bertz CT molecular complexity index is 1380. The number of rotatable bonds is 7. The van der Waals surface area contributed by atoms with Crippen LogP contribution in [0.15, 0.2) is 18.2 Å². The summed E-state index contributed by atoms with van der Waals surface area (Å²) < 4.78 is 12.4. The molecule has 3 fully saturated rings. The van der Waals surface area contributed by atoms with Gasteiger partial charge in [-0.1, -0.05) is 18.9 Å². The van der Waals surface area contributed by atoms with E-state index in [0.29, 0.717) is 62.6 Å². The van der Waals surface area contributed by atoms with Crippen molar-refractivity contribution in [3.63, 3.8) is 0 Å². The summed E-state index contributed by atoms with van der Waals surface area (Å²) in [6.07, 6.45) is 5.11. The van der Waals surface area contributed by atoms with Crippen molar-refractivity contribution in [2.75, 3.05) is 62.0 Å². The number of amides is 1. The largest absolute Gasteiger partial charge is 0.480 e. The second-order valence-corrected chi connectivity index (χ2v) is 12.0. The summed E-state index contributed by atoms with van der Waals surface area (Å²) in [5.74, 6) is 1.58. The second kappa shape index (κ2) is 12.2. The minimum absolute atomic E-state index is 0.102. The highest BCUT2D eigenvalue weighted by molar-refractivity contribution is 7.21. The van der Waals surface area contributed by atoms with Crippen LogP contribution in [0.1, 0.15) is 38.5 Å². The Labute approximate surface area is 243 Å². The Balaban J connectivity index is 1.39. The first kappa shape index (κ1) is 27.7. The lowest BCUT2D eigenvalue weighted by atomic mass is 9.91. The maximum absolute atomic E-state index is 11.7. The van der Waals surface area contributed by atoms with Gasteiger partial charge in [0.25, 0.3) is 0 Å². The quantitative estimate of drug-likeness (QED) is 0.322. The highest BCUT2D eigenvalue weighted by Crippen LogP contribution is 2.42. The molecule has 1 aromatic carbocycles. The second-order valence-electron chi connectivity index (χ2n) is 10.9. The van der Waals surface area contributed by atoms with Crippen molar-refractivity contribution in [2.24, 2.45) is 5.73 Å². The average molecular weight is 583 g/mol. The Morgan fingerprint density at radius 2 is 1.93 bits per heavy atom. The van der Waals surface area contributed by atoms with Crippen molar-refractivity contribution >= 4 is 45.1 Å². The first-order valence-corrected chi connectivity index (χ1v) is 15.3. The fourth-order valence-electron chi connectivity index (χ4n) is 5.95. The van der Waals surface area contributed by atoms with Crippen LogP contribution in [-0.2, 0) is 4.74 Å². The summed E-state index contributed by atoms with van der Waals surface area (Å²) in [4.78, 5) is 30.1. The molecule has 0 radical (unpaired) electrons. The average Bonchev–Trinajstić information content (AvgIpc) is 3.43. The lowest BCUT2D eigenvalue weighted by molar-refractivity contribution is 0.122. The predicted molar refractivity (Wildman–Crippen MR) is 160 cm³/mol. The molecule has 6 rings (SSSR count). The van der Waals surface area contributed by atoms with Crippen LogP contribution in [0.25, 0.3) is 20.8 Å². The van der Waals surface area contributed by atoms with E-state index in [-0.39, 0.29) is 18.1 Å². The van der Waals surface area contributed by atoms with E-state index in [9.17, 15) is 9.90 Å². The molecular weight excluding hydrogens is 544 g/mol.